The van der Waals surface area contributed by atoms with Crippen molar-refractivity contribution < 1.29 is 14.3 Å². The van der Waals surface area contributed by atoms with Crippen LogP contribution < -0.4 is 0 Å². The number of piperidine rings is 1. The molecule has 3 saturated heterocycles. The fourth-order valence-corrected chi connectivity index (χ4v) is 3.41. The van der Waals surface area contributed by atoms with Crippen LogP contribution in [-0.2, 0) is 9.53 Å². The van der Waals surface area contributed by atoms with Crippen molar-refractivity contribution in [1.82, 2.24) is 14.8 Å². The van der Waals surface area contributed by atoms with Gasteiger partial charge in [0, 0.05) is 39.0 Å². The Hall–Kier alpha value is -1.95. The smallest absolute Gasteiger partial charge is 0.272 e. The van der Waals surface area contributed by atoms with Crippen molar-refractivity contribution in [1.29, 1.82) is 0 Å². The molecule has 1 aromatic heterocycles. The molecule has 2 bridgehead atoms. The summed E-state index contributed by atoms with van der Waals surface area (Å²) in [7, 11) is 1.53. The molecule has 22 heavy (non-hydrogen) atoms. The quantitative estimate of drug-likeness (QED) is 0.828. The maximum Gasteiger partial charge on any atom is 0.272 e. The maximum absolute atomic E-state index is 12.6. The second kappa shape index (κ2) is 6.44. The molecule has 6 nitrogen and oxygen atoms in total. The predicted octanol–water partition coefficient (Wildman–Crippen LogP) is 0.791. The normalized spacial score (nSPS) is 24.2. The Balaban J connectivity index is 1.75. The predicted molar refractivity (Wildman–Crippen MR) is 80.2 cm³/mol. The van der Waals surface area contributed by atoms with Gasteiger partial charge in [-0.1, -0.05) is 6.07 Å². The highest BCUT2D eigenvalue weighted by Gasteiger charge is 2.38. The van der Waals surface area contributed by atoms with Crippen molar-refractivity contribution in [3.05, 3.63) is 30.1 Å². The Kier molecular flexibility index (Phi) is 4.38. The van der Waals surface area contributed by atoms with E-state index in [1.165, 1.54) is 7.11 Å². The lowest BCUT2D eigenvalue weighted by Crippen LogP contribution is -2.49. The van der Waals surface area contributed by atoms with Gasteiger partial charge in [0.2, 0.25) is 5.91 Å². The lowest BCUT2D eigenvalue weighted by Gasteiger charge is -2.35. The van der Waals surface area contributed by atoms with Gasteiger partial charge in [0.15, 0.2) is 0 Å². The summed E-state index contributed by atoms with van der Waals surface area (Å²) in [6.45, 7) is 2.11. The van der Waals surface area contributed by atoms with Gasteiger partial charge in [-0.3, -0.25) is 14.6 Å². The molecule has 2 atom stereocenters. The summed E-state index contributed by atoms with van der Waals surface area (Å²) in [6.07, 6.45) is 3.65. The molecular formula is C16H21N3O3. The molecule has 4 heterocycles. The Morgan fingerprint density at radius 2 is 2.14 bits per heavy atom. The van der Waals surface area contributed by atoms with Crippen LogP contribution >= 0.6 is 0 Å². The van der Waals surface area contributed by atoms with Crippen LogP contribution in [0.25, 0.3) is 0 Å². The van der Waals surface area contributed by atoms with Crippen LogP contribution in [0.2, 0.25) is 0 Å². The summed E-state index contributed by atoms with van der Waals surface area (Å²) in [5.74, 6) is 0.315. The Bertz CT molecular complexity index is 549. The van der Waals surface area contributed by atoms with Gasteiger partial charge in [-0.05, 0) is 30.9 Å². The first-order valence-corrected chi connectivity index (χ1v) is 7.67. The van der Waals surface area contributed by atoms with E-state index in [1.54, 1.807) is 18.3 Å². The molecule has 1 aromatic rings. The fraction of sp³-hybridized carbons (Fsp3) is 0.562. The zero-order valence-electron chi connectivity index (χ0n) is 12.8. The van der Waals surface area contributed by atoms with Crippen LogP contribution in [0.3, 0.4) is 0 Å². The summed E-state index contributed by atoms with van der Waals surface area (Å²) in [6, 6.07) is 5.45. The molecule has 2 amide bonds. The van der Waals surface area contributed by atoms with Gasteiger partial charge < -0.3 is 14.5 Å². The molecule has 0 N–H and O–H groups in total. The van der Waals surface area contributed by atoms with Crippen molar-refractivity contribution in [2.24, 2.45) is 5.92 Å². The fourth-order valence-electron chi connectivity index (χ4n) is 3.41. The van der Waals surface area contributed by atoms with Crippen molar-refractivity contribution in [2.75, 3.05) is 33.4 Å². The molecule has 118 valence electrons. The number of pyridine rings is 1. The van der Waals surface area contributed by atoms with Gasteiger partial charge in [-0.25, -0.2) is 0 Å². The first kappa shape index (κ1) is 15.0. The largest absolute Gasteiger partial charge is 0.375 e. The van der Waals surface area contributed by atoms with E-state index in [2.05, 4.69) is 4.98 Å². The summed E-state index contributed by atoms with van der Waals surface area (Å²) < 4.78 is 4.97. The standard InChI is InChI=1S/C16H21N3O3/c1-22-11-15(20)19-9-12-5-6-13(19)10-18(8-12)16(21)14-4-2-3-7-17-14/h2-4,7,12-13H,5-6,8-11H2,1H3/t12-,13+/m0/s1. The van der Waals surface area contributed by atoms with Crippen LogP contribution in [0.4, 0.5) is 0 Å². The molecule has 0 saturated carbocycles. The third-order valence-electron chi connectivity index (χ3n) is 4.47. The molecule has 4 rings (SSSR count). The van der Waals surface area contributed by atoms with Crippen LogP contribution in [0.5, 0.6) is 0 Å². The number of hydrogen-bond acceptors (Lipinski definition) is 4. The van der Waals surface area contributed by atoms with E-state index in [0.717, 1.165) is 19.4 Å². The molecule has 0 aliphatic carbocycles. The van der Waals surface area contributed by atoms with E-state index < -0.39 is 0 Å². The topological polar surface area (TPSA) is 62.7 Å². The minimum Gasteiger partial charge on any atom is -0.375 e. The monoisotopic (exact) mass is 303 g/mol. The number of fused-ring (bicyclic) bond motifs is 4. The summed E-state index contributed by atoms with van der Waals surface area (Å²) in [5.41, 5.74) is 0.471. The van der Waals surface area contributed by atoms with Crippen LogP contribution in [0.1, 0.15) is 23.3 Å². The minimum atomic E-state index is -0.0430. The number of hydrogen-bond donors (Lipinski definition) is 0. The van der Waals surface area contributed by atoms with E-state index in [1.807, 2.05) is 15.9 Å². The first-order valence-electron chi connectivity index (χ1n) is 7.67. The first-order chi connectivity index (χ1) is 10.7. The van der Waals surface area contributed by atoms with Gasteiger partial charge in [0.25, 0.3) is 5.91 Å². The number of nitrogens with zero attached hydrogens (tertiary/aromatic N) is 3. The lowest BCUT2D eigenvalue weighted by atomic mass is 9.95. The summed E-state index contributed by atoms with van der Waals surface area (Å²) in [5, 5.41) is 0. The lowest BCUT2D eigenvalue weighted by molar-refractivity contribution is -0.139. The van der Waals surface area contributed by atoms with Crippen molar-refractivity contribution in [2.45, 2.75) is 18.9 Å². The van der Waals surface area contributed by atoms with Gasteiger partial charge in [0.05, 0.1) is 0 Å². The zero-order valence-corrected chi connectivity index (χ0v) is 12.8. The van der Waals surface area contributed by atoms with E-state index in [9.17, 15) is 9.59 Å². The van der Waals surface area contributed by atoms with E-state index >= 15 is 0 Å². The summed E-state index contributed by atoms with van der Waals surface area (Å²) in [4.78, 5) is 32.7. The third-order valence-corrected chi connectivity index (χ3v) is 4.47. The Morgan fingerprint density at radius 1 is 1.27 bits per heavy atom. The Morgan fingerprint density at radius 3 is 2.86 bits per heavy atom. The highest BCUT2D eigenvalue weighted by molar-refractivity contribution is 5.92. The number of methoxy groups -OCH3 is 1. The molecule has 0 radical (unpaired) electrons. The molecule has 3 fully saturated rings. The molecule has 0 unspecified atom stereocenters. The van der Waals surface area contributed by atoms with Gasteiger partial charge in [-0.15, -0.1) is 0 Å². The van der Waals surface area contributed by atoms with Crippen molar-refractivity contribution >= 4 is 11.8 Å². The van der Waals surface area contributed by atoms with Gasteiger partial charge in [0.1, 0.15) is 12.3 Å². The molecule has 3 aliphatic rings. The highest BCUT2D eigenvalue weighted by Crippen LogP contribution is 2.28. The average Bonchev–Trinajstić information content (AvgIpc) is 2.87. The van der Waals surface area contributed by atoms with E-state index in [0.29, 0.717) is 24.7 Å². The second-order valence-electron chi connectivity index (χ2n) is 6.00. The van der Waals surface area contributed by atoms with Crippen LogP contribution in [0.15, 0.2) is 24.4 Å². The molecule has 6 heteroatoms. The number of amides is 2. The molecular weight excluding hydrogens is 282 g/mol. The minimum absolute atomic E-state index is 0.0179. The average molecular weight is 303 g/mol. The van der Waals surface area contributed by atoms with Gasteiger partial charge in [-0.2, -0.15) is 0 Å². The van der Waals surface area contributed by atoms with Crippen LogP contribution in [-0.4, -0.2) is 66.0 Å². The molecule has 3 aliphatic heterocycles. The van der Waals surface area contributed by atoms with E-state index in [-0.39, 0.29) is 24.5 Å². The summed E-state index contributed by atoms with van der Waals surface area (Å²) >= 11 is 0. The van der Waals surface area contributed by atoms with Gasteiger partial charge >= 0.3 is 0 Å². The third kappa shape index (κ3) is 2.97. The van der Waals surface area contributed by atoms with Crippen LogP contribution in [0, 0.1) is 5.92 Å². The maximum atomic E-state index is 12.6. The molecule has 0 aromatic carbocycles. The van der Waals surface area contributed by atoms with Crippen molar-refractivity contribution in [3.8, 4) is 0 Å². The van der Waals surface area contributed by atoms with E-state index in [4.69, 9.17) is 4.74 Å². The highest BCUT2D eigenvalue weighted by atomic mass is 16.5. The Labute approximate surface area is 130 Å². The number of carbonyl (C=O) groups excluding carboxylic acids is 2. The number of rotatable bonds is 3. The molecule has 0 spiro atoms. The number of ether oxygens (including phenoxy) is 1. The van der Waals surface area contributed by atoms with Crippen molar-refractivity contribution in [3.63, 3.8) is 0 Å². The second-order valence-corrected chi connectivity index (χ2v) is 6.00. The zero-order chi connectivity index (χ0) is 15.5. The number of carbonyl (C=O) groups is 2. The number of aromatic nitrogens is 1. The SMILES string of the molecule is COCC(=O)N1C[C@H]2CC[C@@H]1CN(C(=O)c1ccccn1)C2.